The van der Waals surface area contributed by atoms with Crippen molar-refractivity contribution in [1.29, 1.82) is 0 Å². The van der Waals surface area contributed by atoms with Crippen molar-refractivity contribution in [3.05, 3.63) is 77.7 Å². The fourth-order valence-electron chi connectivity index (χ4n) is 2.32. The van der Waals surface area contributed by atoms with Gasteiger partial charge in [0.05, 0.1) is 5.69 Å². The SMILES string of the molecule is Cc1cc(C(=O)Nc2ccc(C(=O)N(C)c3ccccc3)cc2)on1. The van der Waals surface area contributed by atoms with Gasteiger partial charge >= 0.3 is 0 Å². The number of rotatable bonds is 4. The zero-order chi connectivity index (χ0) is 17.8. The van der Waals surface area contributed by atoms with Gasteiger partial charge in [0.1, 0.15) is 0 Å². The summed E-state index contributed by atoms with van der Waals surface area (Å²) in [5.74, 6) is -0.377. The summed E-state index contributed by atoms with van der Waals surface area (Å²) in [6, 6.07) is 17.6. The van der Waals surface area contributed by atoms with E-state index in [4.69, 9.17) is 4.52 Å². The van der Waals surface area contributed by atoms with E-state index in [1.165, 1.54) is 0 Å². The molecule has 25 heavy (non-hydrogen) atoms. The molecule has 0 aliphatic heterocycles. The minimum Gasteiger partial charge on any atom is -0.351 e. The highest BCUT2D eigenvalue weighted by Crippen LogP contribution is 2.17. The number of hydrogen-bond donors (Lipinski definition) is 1. The number of aryl methyl sites for hydroxylation is 1. The number of carbonyl (C=O) groups excluding carboxylic acids is 2. The maximum absolute atomic E-state index is 12.5. The molecule has 1 heterocycles. The van der Waals surface area contributed by atoms with Crippen molar-refractivity contribution in [2.75, 3.05) is 17.3 Å². The van der Waals surface area contributed by atoms with E-state index < -0.39 is 0 Å². The fraction of sp³-hybridized carbons (Fsp3) is 0.105. The highest BCUT2D eigenvalue weighted by Gasteiger charge is 2.15. The van der Waals surface area contributed by atoms with Gasteiger partial charge < -0.3 is 14.7 Å². The van der Waals surface area contributed by atoms with Crippen LogP contribution in [0.5, 0.6) is 0 Å². The van der Waals surface area contributed by atoms with Gasteiger partial charge in [0.2, 0.25) is 5.76 Å². The van der Waals surface area contributed by atoms with Crippen molar-refractivity contribution in [2.24, 2.45) is 0 Å². The Balaban J connectivity index is 1.69. The molecule has 126 valence electrons. The lowest BCUT2D eigenvalue weighted by Gasteiger charge is -2.17. The summed E-state index contributed by atoms with van der Waals surface area (Å²) in [4.78, 5) is 26.1. The van der Waals surface area contributed by atoms with Crippen LogP contribution in [0.3, 0.4) is 0 Å². The number of para-hydroxylation sites is 1. The van der Waals surface area contributed by atoms with Crippen molar-refractivity contribution >= 4 is 23.2 Å². The highest BCUT2D eigenvalue weighted by molar-refractivity contribution is 6.06. The Labute approximate surface area is 145 Å². The van der Waals surface area contributed by atoms with E-state index in [0.717, 1.165) is 5.69 Å². The Morgan fingerprint density at radius 3 is 2.32 bits per heavy atom. The Hall–Kier alpha value is -3.41. The maximum atomic E-state index is 12.5. The molecule has 2 amide bonds. The smallest absolute Gasteiger partial charge is 0.294 e. The third kappa shape index (κ3) is 3.74. The molecule has 1 aromatic heterocycles. The molecule has 2 aromatic carbocycles. The number of hydrogen-bond acceptors (Lipinski definition) is 4. The van der Waals surface area contributed by atoms with Gasteiger partial charge in [-0.1, -0.05) is 23.4 Å². The molecule has 0 aliphatic carbocycles. The summed E-state index contributed by atoms with van der Waals surface area (Å²) < 4.78 is 4.92. The van der Waals surface area contributed by atoms with Crippen LogP contribution in [-0.2, 0) is 0 Å². The number of nitrogens with one attached hydrogen (secondary N) is 1. The summed E-state index contributed by atoms with van der Waals surface area (Å²) in [5.41, 5.74) is 2.54. The van der Waals surface area contributed by atoms with Crippen LogP contribution in [0.15, 0.2) is 65.2 Å². The molecular weight excluding hydrogens is 318 g/mol. The monoisotopic (exact) mass is 335 g/mol. The van der Waals surface area contributed by atoms with Crippen LogP contribution in [0.4, 0.5) is 11.4 Å². The van der Waals surface area contributed by atoms with Gasteiger partial charge in [-0.2, -0.15) is 0 Å². The first-order valence-corrected chi connectivity index (χ1v) is 7.72. The predicted octanol–water partition coefficient (Wildman–Crippen LogP) is 3.51. The lowest BCUT2D eigenvalue weighted by Crippen LogP contribution is -2.26. The van der Waals surface area contributed by atoms with Crippen LogP contribution in [0.25, 0.3) is 0 Å². The van der Waals surface area contributed by atoms with Crippen LogP contribution in [-0.4, -0.2) is 24.0 Å². The Bertz CT molecular complexity index is 886. The second kappa shape index (κ2) is 7.00. The average molecular weight is 335 g/mol. The van der Waals surface area contributed by atoms with Gasteiger partial charge in [0.25, 0.3) is 11.8 Å². The van der Waals surface area contributed by atoms with Crippen molar-refractivity contribution < 1.29 is 14.1 Å². The Morgan fingerprint density at radius 1 is 1.04 bits per heavy atom. The number of carbonyl (C=O) groups is 2. The molecule has 0 unspecified atom stereocenters. The summed E-state index contributed by atoms with van der Waals surface area (Å²) in [5, 5.41) is 6.38. The van der Waals surface area contributed by atoms with Crippen LogP contribution in [0, 0.1) is 6.92 Å². The molecule has 0 bridgehead atoms. The normalized spacial score (nSPS) is 10.3. The van der Waals surface area contributed by atoms with Crippen LogP contribution in [0.2, 0.25) is 0 Å². The molecule has 0 saturated heterocycles. The topological polar surface area (TPSA) is 75.4 Å². The van der Waals surface area contributed by atoms with E-state index in [1.807, 2.05) is 30.3 Å². The fourth-order valence-corrected chi connectivity index (χ4v) is 2.32. The van der Waals surface area contributed by atoms with Crippen molar-refractivity contribution in [3.8, 4) is 0 Å². The van der Waals surface area contributed by atoms with E-state index in [9.17, 15) is 9.59 Å². The molecule has 6 nitrogen and oxygen atoms in total. The Morgan fingerprint density at radius 2 is 1.72 bits per heavy atom. The number of benzene rings is 2. The summed E-state index contributed by atoms with van der Waals surface area (Å²) in [6.45, 7) is 1.74. The van der Waals surface area contributed by atoms with Crippen molar-refractivity contribution in [1.82, 2.24) is 5.16 Å². The molecule has 0 atom stereocenters. The van der Waals surface area contributed by atoms with E-state index in [1.54, 1.807) is 49.2 Å². The number of aromatic nitrogens is 1. The van der Waals surface area contributed by atoms with E-state index in [-0.39, 0.29) is 17.6 Å². The molecule has 0 spiro atoms. The highest BCUT2D eigenvalue weighted by atomic mass is 16.5. The molecule has 6 heteroatoms. The molecule has 1 N–H and O–H groups in total. The predicted molar refractivity (Wildman–Crippen MR) is 94.8 cm³/mol. The average Bonchev–Trinajstić information content (AvgIpc) is 3.08. The molecular formula is C19H17N3O3. The Kier molecular flexibility index (Phi) is 4.61. The molecule has 3 aromatic rings. The first kappa shape index (κ1) is 16.4. The number of nitrogens with zero attached hydrogens (tertiary/aromatic N) is 2. The number of amides is 2. The quantitative estimate of drug-likeness (QED) is 0.791. The van der Waals surface area contributed by atoms with Crippen molar-refractivity contribution in [3.63, 3.8) is 0 Å². The van der Waals surface area contributed by atoms with E-state index in [0.29, 0.717) is 16.9 Å². The van der Waals surface area contributed by atoms with Gasteiger partial charge in [-0.15, -0.1) is 0 Å². The van der Waals surface area contributed by atoms with Gasteiger partial charge in [0.15, 0.2) is 0 Å². The molecule has 0 saturated carbocycles. The first-order valence-electron chi connectivity index (χ1n) is 7.72. The van der Waals surface area contributed by atoms with E-state index >= 15 is 0 Å². The lowest BCUT2D eigenvalue weighted by atomic mass is 10.1. The van der Waals surface area contributed by atoms with Gasteiger partial charge in [-0.05, 0) is 43.3 Å². The van der Waals surface area contributed by atoms with Gasteiger partial charge in [-0.25, -0.2) is 0 Å². The standard InChI is InChI=1S/C19H17N3O3/c1-13-12-17(25-21-13)18(23)20-15-10-8-14(9-11-15)19(24)22(2)16-6-4-3-5-7-16/h3-12H,1-2H3,(H,20,23). The summed E-state index contributed by atoms with van der Waals surface area (Å²) in [6.07, 6.45) is 0. The minimum atomic E-state index is -0.388. The second-order valence-electron chi connectivity index (χ2n) is 5.56. The van der Waals surface area contributed by atoms with Crippen LogP contribution < -0.4 is 10.2 Å². The number of anilines is 2. The van der Waals surface area contributed by atoms with Gasteiger partial charge in [-0.3, -0.25) is 9.59 Å². The molecule has 3 rings (SSSR count). The van der Waals surface area contributed by atoms with Crippen molar-refractivity contribution in [2.45, 2.75) is 6.92 Å². The molecule has 0 radical (unpaired) electrons. The largest absolute Gasteiger partial charge is 0.351 e. The summed E-state index contributed by atoms with van der Waals surface area (Å²) >= 11 is 0. The third-order valence-electron chi connectivity index (χ3n) is 3.69. The zero-order valence-electron chi connectivity index (χ0n) is 13.9. The first-order chi connectivity index (χ1) is 12.0. The minimum absolute atomic E-state index is 0.130. The molecule has 0 aliphatic rings. The lowest BCUT2D eigenvalue weighted by molar-refractivity contribution is 0.0983. The van der Waals surface area contributed by atoms with E-state index in [2.05, 4.69) is 10.5 Å². The van der Waals surface area contributed by atoms with Gasteiger partial charge in [0, 0.05) is 30.1 Å². The third-order valence-corrected chi connectivity index (χ3v) is 3.69. The maximum Gasteiger partial charge on any atom is 0.294 e. The molecule has 0 fully saturated rings. The second-order valence-corrected chi connectivity index (χ2v) is 5.56. The zero-order valence-corrected chi connectivity index (χ0v) is 13.9. The van der Waals surface area contributed by atoms with Crippen LogP contribution >= 0.6 is 0 Å². The summed E-state index contributed by atoms with van der Waals surface area (Å²) in [7, 11) is 1.72. The van der Waals surface area contributed by atoms with Crippen LogP contribution in [0.1, 0.15) is 26.6 Å².